The first-order valence-corrected chi connectivity index (χ1v) is 9.99. The molecule has 7 heteroatoms. The normalized spacial score (nSPS) is 17.6. The zero-order valence-corrected chi connectivity index (χ0v) is 16.8. The largest absolute Gasteiger partial charge is 0.480 e. The van der Waals surface area contributed by atoms with E-state index in [1.165, 1.54) is 4.90 Å². The van der Waals surface area contributed by atoms with Crippen LogP contribution in [-0.2, 0) is 33.8 Å². The van der Waals surface area contributed by atoms with Gasteiger partial charge in [-0.25, -0.2) is 4.79 Å². The third kappa shape index (κ3) is 5.04. The van der Waals surface area contributed by atoms with Crippen LogP contribution in [0.15, 0.2) is 54.6 Å². The molecule has 0 radical (unpaired) electrons. The van der Waals surface area contributed by atoms with Gasteiger partial charge in [0.1, 0.15) is 12.1 Å². The summed E-state index contributed by atoms with van der Waals surface area (Å²) in [5, 5.41) is 22.1. The summed E-state index contributed by atoms with van der Waals surface area (Å²) in [6.45, 7) is 1.78. The predicted molar refractivity (Wildman–Crippen MR) is 111 cm³/mol. The van der Waals surface area contributed by atoms with Crippen molar-refractivity contribution in [2.45, 2.75) is 50.9 Å². The lowest BCUT2D eigenvalue weighted by Gasteiger charge is -2.36. The number of carbonyl (C=O) groups excluding carboxylic acids is 1. The molecule has 3 N–H and O–H groups in total. The van der Waals surface area contributed by atoms with E-state index in [4.69, 9.17) is 0 Å². The van der Waals surface area contributed by atoms with Gasteiger partial charge in [0.15, 0.2) is 0 Å². The molecule has 30 heavy (non-hydrogen) atoms. The van der Waals surface area contributed by atoms with Crippen LogP contribution in [-0.4, -0.2) is 51.1 Å². The number of benzene rings is 2. The lowest BCUT2D eigenvalue weighted by Crippen LogP contribution is -2.56. The Balaban J connectivity index is 1.69. The van der Waals surface area contributed by atoms with Crippen molar-refractivity contribution in [2.75, 3.05) is 0 Å². The number of aliphatic carboxylic acids is 2. The van der Waals surface area contributed by atoms with E-state index in [-0.39, 0.29) is 13.0 Å². The molecule has 1 aliphatic rings. The van der Waals surface area contributed by atoms with E-state index < -0.39 is 36.0 Å². The summed E-state index contributed by atoms with van der Waals surface area (Å²) in [7, 11) is 0. The summed E-state index contributed by atoms with van der Waals surface area (Å²) in [5.41, 5.74) is 2.85. The summed E-state index contributed by atoms with van der Waals surface area (Å²) in [4.78, 5) is 37.9. The monoisotopic (exact) mass is 410 g/mol. The lowest BCUT2D eigenvalue weighted by atomic mass is 9.93. The van der Waals surface area contributed by atoms with Gasteiger partial charge in [0, 0.05) is 13.0 Å². The van der Waals surface area contributed by atoms with Crippen LogP contribution in [0.25, 0.3) is 0 Å². The summed E-state index contributed by atoms with van der Waals surface area (Å²) in [5.74, 6) is -2.52. The number of aryl methyl sites for hydroxylation is 1. The highest BCUT2D eigenvalue weighted by Gasteiger charge is 2.37. The topological polar surface area (TPSA) is 107 Å². The maximum absolute atomic E-state index is 13.1. The number of carboxylic acids is 2. The molecule has 0 unspecified atom stereocenters. The molecule has 3 rings (SSSR count). The minimum atomic E-state index is -1.07. The van der Waals surface area contributed by atoms with Crippen LogP contribution in [0.2, 0.25) is 0 Å². The van der Waals surface area contributed by atoms with Gasteiger partial charge in [-0.2, -0.15) is 0 Å². The van der Waals surface area contributed by atoms with Crippen molar-refractivity contribution in [1.29, 1.82) is 0 Å². The minimum Gasteiger partial charge on any atom is -0.480 e. The number of carbonyl (C=O) groups is 3. The van der Waals surface area contributed by atoms with Crippen LogP contribution in [0.3, 0.4) is 0 Å². The van der Waals surface area contributed by atoms with E-state index in [1.54, 1.807) is 6.92 Å². The quantitative estimate of drug-likeness (QED) is 0.615. The Bertz CT molecular complexity index is 915. The summed E-state index contributed by atoms with van der Waals surface area (Å²) in [6, 6.07) is 14.3. The first kappa shape index (κ1) is 21.5. The molecule has 0 saturated carbocycles. The van der Waals surface area contributed by atoms with E-state index in [1.807, 2.05) is 54.6 Å². The van der Waals surface area contributed by atoms with E-state index in [2.05, 4.69) is 5.32 Å². The number of nitrogens with one attached hydrogen (secondary N) is 1. The number of fused-ring (bicyclic) bond motifs is 1. The highest BCUT2D eigenvalue weighted by molar-refractivity contribution is 5.88. The first-order valence-electron chi connectivity index (χ1n) is 9.99. The van der Waals surface area contributed by atoms with Gasteiger partial charge < -0.3 is 15.1 Å². The molecule has 158 valence electrons. The Kier molecular flexibility index (Phi) is 6.84. The van der Waals surface area contributed by atoms with Gasteiger partial charge >= 0.3 is 11.9 Å². The molecular weight excluding hydrogens is 384 g/mol. The second kappa shape index (κ2) is 9.54. The van der Waals surface area contributed by atoms with Gasteiger partial charge in [-0.05, 0) is 36.5 Å². The Morgan fingerprint density at radius 2 is 1.67 bits per heavy atom. The van der Waals surface area contributed by atoms with Gasteiger partial charge in [-0.3, -0.25) is 14.9 Å². The van der Waals surface area contributed by atoms with Gasteiger partial charge in [0.2, 0.25) is 5.91 Å². The molecule has 0 saturated heterocycles. The maximum atomic E-state index is 13.1. The molecule has 1 amide bonds. The Hall–Kier alpha value is -3.19. The average Bonchev–Trinajstić information content (AvgIpc) is 2.75. The zero-order valence-electron chi connectivity index (χ0n) is 16.8. The summed E-state index contributed by atoms with van der Waals surface area (Å²) >= 11 is 0. The van der Waals surface area contributed by atoms with Crippen LogP contribution in [0.1, 0.15) is 30.0 Å². The van der Waals surface area contributed by atoms with E-state index in [9.17, 15) is 24.6 Å². The smallest absolute Gasteiger partial charge is 0.326 e. The van der Waals surface area contributed by atoms with Crippen molar-refractivity contribution in [1.82, 2.24) is 10.2 Å². The lowest BCUT2D eigenvalue weighted by molar-refractivity contribution is -0.152. The van der Waals surface area contributed by atoms with Gasteiger partial charge in [0.05, 0.1) is 6.04 Å². The molecule has 1 aliphatic heterocycles. The zero-order chi connectivity index (χ0) is 21.7. The first-order chi connectivity index (χ1) is 14.4. The van der Waals surface area contributed by atoms with Gasteiger partial charge in [-0.15, -0.1) is 0 Å². The van der Waals surface area contributed by atoms with Crippen LogP contribution < -0.4 is 5.32 Å². The highest BCUT2D eigenvalue weighted by atomic mass is 16.4. The van der Waals surface area contributed by atoms with Crippen LogP contribution >= 0.6 is 0 Å². The van der Waals surface area contributed by atoms with Crippen LogP contribution in [0.4, 0.5) is 0 Å². The maximum Gasteiger partial charge on any atom is 0.326 e. The van der Waals surface area contributed by atoms with Crippen molar-refractivity contribution in [2.24, 2.45) is 0 Å². The van der Waals surface area contributed by atoms with Crippen molar-refractivity contribution >= 4 is 17.8 Å². The molecule has 3 atom stereocenters. The molecule has 0 aliphatic carbocycles. The Labute approximate surface area is 175 Å². The van der Waals surface area contributed by atoms with Crippen molar-refractivity contribution in [3.8, 4) is 0 Å². The number of carboxylic acid groups (broad SMARTS) is 2. The molecule has 1 heterocycles. The number of rotatable bonds is 8. The fourth-order valence-corrected chi connectivity index (χ4v) is 3.83. The standard InChI is InChI=1S/C23H26N2O5/c1-15(24-19(22(27)28)12-11-16-7-3-2-4-8-16)21(26)25-14-18-10-6-5-9-17(18)13-20(25)23(29)30/h2-10,15,19-20,24H,11-14H2,1H3,(H,27,28)(H,29,30)/t15-,19+,20+/m0/s1. The highest BCUT2D eigenvalue weighted by Crippen LogP contribution is 2.24. The third-order valence-electron chi connectivity index (χ3n) is 5.50. The minimum absolute atomic E-state index is 0.194. The van der Waals surface area contributed by atoms with Crippen LogP contribution in [0, 0.1) is 0 Å². The van der Waals surface area contributed by atoms with E-state index in [0.29, 0.717) is 12.8 Å². The molecule has 0 spiro atoms. The van der Waals surface area contributed by atoms with Gasteiger partial charge in [0.25, 0.3) is 0 Å². The predicted octanol–water partition coefficient (Wildman–Crippen LogP) is 2.09. The SMILES string of the molecule is C[C@H](N[C@H](CCc1ccccc1)C(=O)O)C(=O)N1Cc2ccccc2C[C@@H]1C(=O)O. The number of hydrogen-bond acceptors (Lipinski definition) is 4. The molecule has 2 aromatic carbocycles. The molecule has 0 bridgehead atoms. The van der Waals surface area contributed by atoms with E-state index >= 15 is 0 Å². The van der Waals surface area contributed by atoms with Crippen LogP contribution in [0.5, 0.6) is 0 Å². The second-order valence-corrected chi connectivity index (χ2v) is 7.60. The molecule has 0 fully saturated rings. The summed E-state index contributed by atoms with van der Waals surface area (Å²) in [6.07, 6.45) is 1.11. The van der Waals surface area contributed by atoms with Crippen molar-refractivity contribution in [3.63, 3.8) is 0 Å². The molecular formula is C23H26N2O5. The number of hydrogen-bond donors (Lipinski definition) is 3. The van der Waals surface area contributed by atoms with E-state index in [0.717, 1.165) is 16.7 Å². The fraction of sp³-hybridized carbons (Fsp3) is 0.348. The second-order valence-electron chi connectivity index (χ2n) is 7.60. The number of nitrogens with zero attached hydrogens (tertiary/aromatic N) is 1. The molecule has 2 aromatic rings. The van der Waals surface area contributed by atoms with Crippen molar-refractivity contribution < 1.29 is 24.6 Å². The van der Waals surface area contributed by atoms with Crippen molar-refractivity contribution in [3.05, 3.63) is 71.3 Å². The Morgan fingerprint density at radius 1 is 1.03 bits per heavy atom. The van der Waals surface area contributed by atoms with Gasteiger partial charge in [-0.1, -0.05) is 54.6 Å². The average molecular weight is 410 g/mol. The third-order valence-corrected chi connectivity index (χ3v) is 5.50. The number of amides is 1. The molecule has 0 aromatic heterocycles. The fourth-order valence-electron chi connectivity index (χ4n) is 3.83. The Morgan fingerprint density at radius 3 is 2.30 bits per heavy atom. The molecule has 7 nitrogen and oxygen atoms in total. The summed E-state index contributed by atoms with van der Waals surface area (Å²) < 4.78 is 0.